The highest BCUT2D eigenvalue weighted by molar-refractivity contribution is 8.24. The Labute approximate surface area is 160 Å². The summed E-state index contributed by atoms with van der Waals surface area (Å²) in [6.07, 6.45) is 6.35. The zero-order valence-electron chi connectivity index (χ0n) is 12.1. The van der Waals surface area contributed by atoms with E-state index < -0.39 is 5.20 Å². The van der Waals surface area contributed by atoms with Crippen molar-refractivity contribution in [2.45, 2.75) is 0 Å². The summed E-state index contributed by atoms with van der Waals surface area (Å²) in [5.41, 5.74) is 1.30. The molecular weight excluding hydrogens is 433 g/mol. The summed E-state index contributed by atoms with van der Waals surface area (Å²) >= 11 is 19.6. The Hall–Kier alpha value is -1.57. The van der Waals surface area contributed by atoms with Crippen LogP contribution < -0.4 is 5.56 Å². The summed E-state index contributed by atoms with van der Waals surface area (Å²) in [6.45, 7) is 0. The normalized spacial score (nSPS) is 10.7. The third kappa shape index (κ3) is 6.34. The topological polar surface area (TPSA) is 97.4 Å². The van der Waals surface area contributed by atoms with Crippen LogP contribution in [0.3, 0.4) is 0 Å². The maximum absolute atomic E-state index is 10.9. The van der Waals surface area contributed by atoms with Gasteiger partial charge < -0.3 is 4.98 Å². The van der Waals surface area contributed by atoms with E-state index in [4.69, 9.17) is 11.6 Å². The smallest absolute Gasteiger partial charge is 0.310 e. The van der Waals surface area contributed by atoms with Gasteiger partial charge in [-0.05, 0) is 58.0 Å². The molecule has 0 atom stereocenters. The second-order valence-electron chi connectivity index (χ2n) is 4.24. The van der Waals surface area contributed by atoms with Gasteiger partial charge in [-0.25, -0.2) is 14.0 Å². The van der Waals surface area contributed by atoms with E-state index in [-0.39, 0.29) is 5.56 Å². The van der Waals surface area contributed by atoms with Gasteiger partial charge in [-0.1, -0.05) is 11.6 Å². The van der Waals surface area contributed by atoms with Gasteiger partial charge in [-0.3, -0.25) is 9.36 Å². The van der Waals surface area contributed by atoms with Crippen molar-refractivity contribution in [3.05, 3.63) is 64.8 Å². The van der Waals surface area contributed by atoms with E-state index in [0.717, 1.165) is 5.52 Å². The van der Waals surface area contributed by atoms with Crippen LogP contribution in [0.1, 0.15) is 0 Å². The van der Waals surface area contributed by atoms with Crippen molar-refractivity contribution in [2.24, 2.45) is 0 Å². The molecule has 0 aliphatic carbocycles. The van der Waals surface area contributed by atoms with Gasteiger partial charge in [0.1, 0.15) is 23.7 Å². The van der Waals surface area contributed by atoms with Crippen molar-refractivity contribution in [2.75, 3.05) is 0 Å². The summed E-state index contributed by atoms with van der Waals surface area (Å²) in [5, 5.41) is 5.05. The molecule has 1 N–H and O–H groups in total. The number of nitrogens with zero attached hydrogens (tertiary/aromatic N) is 5. The Morgan fingerprint density at radius 1 is 1.00 bits per heavy atom. The van der Waals surface area contributed by atoms with Gasteiger partial charge in [0.2, 0.25) is 0 Å². The number of hydrogen-bond donors (Lipinski definition) is 1. The molecule has 0 bridgehead atoms. The minimum atomic E-state index is -3.22. The van der Waals surface area contributed by atoms with E-state index in [0.29, 0.717) is 10.7 Å². The minimum Gasteiger partial charge on any atom is -0.310 e. The Bertz CT molecular complexity index is 1060. The molecule has 13 heteroatoms. The molecule has 0 fully saturated rings. The molecule has 0 aliphatic rings. The van der Waals surface area contributed by atoms with Crippen LogP contribution in [0.15, 0.2) is 54.1 Å². The first-order chi connectivity index (χ1) is 11.8. The number of fused-ring (bicyclic) bond motifs is 2. The van der Waals surface area contributed by atoms with Crippen LogP contribution >= 0.6 is 50.5 Å². The fraction of sp³-hybridized carbons (Fsp3) is 0. The number of hydrogen-bond acceptors (Lipinski definition) is 5. The summed E-state index contributed by atoms with van der Waals surface area (Å²) in [6, 6.07) is 7.22. The van der Waals surface area contributed by atoms with Crippen molar-refractivity contribution in [1.82, 2.24) is 29.2 Å². The van der Waals surface area contributed by atoms with E-state index in [1.54, 1.807) is 22.8 Å². The molecule has 4 aromatic rings. The van der Waals surface area contributed by atoms with Crippen molar-refractivity contribution < 1.29 is 4.57 Å². The molecule has 0 spiro atoms. The van der Waals surface area contributed by atoms with E-state index in [1.165, 1.54) is 17.2 Å². The maximum atomic E-state index is 10.9. The van der Waals surface area contributed by atoms with Crippen molar-refractivity contribution in [3.63, 3.8) is 0 Å². The van der Waals surface area contributed by atoms with E-state index >= 15 is 0 Å². The van der Waals surface area contributed by atoms with Crippen molar-refractivity contribution in [1.29, 1.82) is 0 Å². The standard InChI is InChI=1S/C6H4ClN3.C6H5N3O.Cl3OP/c7-6-5-2-1-3-10(5)9-4-8-6;10-6-5-2-1-3-9(5)8-4-7-6;1-5(2,3)4/h1-4H;1-4H,(H,7,8,10);. The van der Waals surface area contributed by atoms with Crippen LogP contribution in [-0.2, 0) is 4.57 Å². The van der Waals surface area contributed by atoms with Crippen LogP contribution in [-0.4, -0.2) is 29.2 Å². The molecular formula is C12H9Cl4N6O2P. The third-order valence-corrected chi connectivity index (χ3v) is 2.92. The number of H-pyrrole nitrogens is 1. The number of aromatic amines is 1. The van der Waals surface area contributed by atoms with Crippen LogP contribution in [0.4, 0.5) is 0 Å². The molecule has 0 amide bonds. The number of rotatable bonds is 0. The highest BCUT2D eigenvalue weighted by atomic mass is 36.0. The molecule has 4 heterocycles. The molecule has 0 aromatic carbocycles. The van der Waals surface area contributed by atoms with Gasteiger partial charge in [-0.2, -0.15) is 10.2 Å². The molecule has 4 rings (SSSR count). The van der Waals surface area contributed by atoms with Gasteiger partial charge in [0, 0.05) is 12.4 Å². The van der Waals surface area contributed by atoms with Crippen LogP contribution in [0.2, 0.25) is 5.15 Å². The summed E-state index contributed by atoms with van der Waals surface area (Å²) in [5.74, 6) is 0. The summed E-state index contributed by atoms with van der Waals surface area (Å²) < 4.78 is 12.7. The lowest BCUT2D eigenvalue weighted by Crippen LogP contribution is -2.09. The number of aromatic nitrogens is 6. The van der Waals surface area contributed by atoms with E-state index in [9.17, 15) is 9.36 Å². The van der Waals surface area contributed by atoms with Crippen LogP contribution in [0.5, 0.6) is 0 Å². The largest absolute Gasteiger partial charge is 0.339 e. The quantitative estimate of drug-likeness (QED) is 0.412. The Balaban J connectivity index is 0.000000144. The summed E-state index contributed by atoms with van der Waals surface area (Å²) in [4.78, 5) is 17.2. The molecule has 0 radical (unpaired) electrons. The van der Waals surface area contributed by atoms with Crippen LogP contribution in [0.25, 0.3) is 11.0 Å². The lowest BCUT2D eigenvalue weighted by Gasteiger charge is -1.91. The Morgan fingerprint density at radius 3 is 2.12 bits per heavy atom. The van der Waals surface area contributed by atoms with E-state index in [1.807, 2.05) is 18.3 Å². The molecule has 4 aromatic heterocycles. The van der Waals surface area contributed by atoms with Gasteiger partial charge >= 0.3 is 5.20 Å². The maximum Gasteiger partial charge on any atom is 0.339 e. The molecule has 0 saturated carbocycles. The highest BCUT2D eigenvalue weighted by Crippen LogP contribution is 2.61. The Morgan fingerprint density at radius 2 is 1.56 bits per heavy atom. The predicted molar refractivity (Wildman–Crippen MR) is 99.0 cm³/mol. The minimum absolute atomic E-state index is 0.111. The second kappa shape index (κ2) is 8.69. The zero-order chi connectivity index (χ0) is 18.4. The lowest BCUT2D eigenvalue weighted by atomic mass is 10.5. The molecule has 132 valence electrons. The SMILES string of the molecule is Clc1ncnn2cccc12.O=P(Cl)(Cl)Cl.O=c1[nH]cnn2cccc12. The Kier molecular flexibility index (Phi) is 6.87. The van der Waals surface area contributed by atoms with E-state index in [2.05, 4.69) is 53.9 Å². The number of halogens is 4. The monoisotopic (exact) mass is 440 g/mol. The average Bonchev–Trinajstić information content (AvgIpc) is 3.16. The molecule has 0 aliphatic heterocycles. The molecule has 0 unspecified atom stereocenters. The van der Waals surface area contributed by atoms with Gasteiger partial charge in [0.15, 0.2) is 5.15 Å². The third-order valence-electron chi connectivity index (χ3n) is 2.63. The van der Waals surface area contributed by atoms with Crippen molar-refractivity contribution >= 4 is 61.6 Å². The fourth-order valence-corrected chi connectivity index (χ4v) is 1.90. The van der Waals surface area contributed by atoms with Gasteiger partial charge in [0.25, 0.3) is 5.56 Å². The second-order valence-corrected chi connectivity index (χ2v) is 11.2. The number of nitrogens with one attached hydrogen (secondary N) is 1. The van der Waals surface area contributed by atoms with Crippen LogP contribution in [0, 0.1) is 0 Å². The van der Waals surface area contributed by atoms with Crippen molar-refractivity contribution in [3.8, 4) is 0 Å². The lowest BCUT2D eigenvalue weighted by molar-refractivity contribution is 0.600. The van der Waals surface area contributed by atoms with Gasteiger partial charge in [0.05, 0.1) is 0 Å². The first-order valence-corrected chi connectivity index (χ1v) is 11.2. The zero-order valence-corrected chi connectivity index (χ0v) is 16.0. The molecule has 25 heavy (non-hydrogen) atoms. The highest BCUT2D eigenvalue weighted by Gasteiger charge is 2.03. The average molecular weight is 442 g/mol. The van der Waals surface area contributed by atoms with Gasteiger partial charge in [-0.15, -0.1) is 0 Å². The molecule has 8 nitrogen and oxygen atoms in total. The summed E-state index contributed by atoms with van der Waals surface area (Å²) in [7, 11) is 0. The fourth-order valence-electron chi connectivity index (χ4n) is 1.71. The molecule has 0 saturated heterocycles. The first kappa shape index (κ1) is 19.8. The first-order valence-electron chi connectivity index (χ1n) is 6.39. The predicted octanol–water partition coefficient (Wildman–Crippen LogP) is 4.22.